The molecule has 4 rings (SSSR count). The van der Waals surface area contributed by atoms with E-state index in [1.165, 1.54) is 4.31 Å². The van der Waals surface area contributed by atoms with E-state index in [0.717, 1.165) is 23.2 Å². The lowest BCUT2D eigenvalue weighted by molar-refractivity contribution is -0.134. The number of anilines is 1. The van der Waals surface area contributed by atoms with Gasteiger partial charge in [-0.3, -0.25) is 13.8 Å². The van der Waals surface area contributed by atoms with Crippen LogP contribution in [-0.4, -0.2) is 53.9 Å². The van der Waals surface area contributed by atoms with E-state index in [9.17, 15) is 13.2 Å². The maximum absolute atomic E-state index is 12.9. The van der Waals surface area contributed by atoms with Crippen LogP contribution in [0.2, 0.25) is 0 Å². The third-order valence-corrected chi connectivity index (χ3v) is 7.29. The lowest BCUT2D eigenvalue weighted by atomic mass is 10.1. The van der Waals surface area contributed by atoms with Gasteiger partial charge in [0, 0.05) is 39.3 Å². The van der Waals surface area contributed by atoms with Gasteiger partial charge in [0.25, 0.3) is 0 Å². The van der Waals surface area contributed by atoms with Crippen LogP contribution in [-0.2, 0) is 34.7 Å². The van der Waals surface area contributed by atoms with E-state index in [4.69, 9.17) is 0 Å². The highest BCUT2D eigenvalue weighted by molar-refractivity contribution is 7.93. The van der Waals surface area contributed by atoms with Gasteiger partial charge >= 0.3 is 0 Å². The smallest absolute Gasteiger partial charge is 0.241 e. The SMILES string of the molecule is Cn1cc(CCC(=O)N2CC(S(=O)(=O)N3CCc4ccccc43)C2)cn1. The molecule has 0 aliphatic carbocycles. The Bertz CT molecular complexity index is 931. The van der Waals surface area contributed by atoms with Crippen molar-refractivity contribution in [3.63, 3.8) is 0 Å². The quantitative estimate of drug-likeness (QED) is 0.781. The molecule has 26 heavy (non-hydrogen) atoms. The summed E-state index contributed by atoms with van der Waals surface area (Å²) in [6, 6.07) is 7.62. The molecule has 0 spiro atoms. The van der Waals surface area contributed by atoms with Crippen LogP contribution in [0, 0.1) is 0 Å². The molecule has 138 valence electrons. The van der Waals surface area contributed by atoms with Crippen LogP contribution < -0.4 is 4.31 Å². The molecule has 0 atom stereocenters. The van der Waals surface area contributed by atoms with Crippen molar-refractivity contribution in [2.75, 3.05) is 23.9 Å². The van der Waals surface area contributed by atoms with Crippen LogP contribution in [0.25, 0.3) is 0 Å². The summed E-state index contributed by atoms with van der Waals surface area (Å²) in [5.74, 6) is 0.00197. The average molecular weight is 374 g/mol. The van der Waals surface area contributed by atoms with Gasteiger partial charge in [0.2, 0.25) is 15.9 Å². The minimum atomic E-state index is -3.42. The molecule has 1 fully saturated rings. The highest BCUT2D eigenvalue weighted by Gasteiger charge is 2.44. The predicted molar refractivity (Wildman–Crippen MR) is 98.3 cm³/mol. The van der Waals surface area contributed by atoms with Crippen molar-refractivity contribution in [2.45, 2.75) is 24.5 Å². The van der Waals surface area contributed by atoms with Crippen molar-refractivity contribution in [3.05, 3.63) is 47.8 Å². The lowest BCUT2D eigenvalue weighted by Crippen LogP contribution is -2.59. The second-order valence-corrected chi connectivity index (χ2v) is 9.08. The normalized spacial score (nSPS) is 17.3. The maximum atomic E-state index is 12.9. The Morgan fingerprint density at radius 3 is 2.77 bits per heavy atom. The topological polar surface area (TPSA) is 75.5 Å². The fourth-order valence-corrected chi connectivity index (χ4v) is 5.49. The molecule has 1 amide bonds. The van der Waals surface area contributed by atoms with Crippen LogP contribution in [0.5, 0.6) is 0 Å². The van der Waals surface area contributed by atoms with Gasteiger partial charge in [-0.15, -0.1) is 0 Å². The summed E-state index contributed by atoms with van der Waals surface area (Å²) in [7, 11) is -1.58. The summed E-state index contributed by atoms with van der Waals surface area (Å²) in [6.45, 7) is 1.06. The van der Waals surface area contributed by atoms with Crippen molar-refractivity contribution in [1.82, 2.24) is 14.7 Å². The first-order chi connectivity index (χ1) is 12.4. The van der Waals surface area contributed by atoms with E-state index in [0.29, 0.717) is 19.4 Å². The molecular formula is C18H22N4O3S. The molecule has 2 aliphatic rings. The first-order valence-electron chi connectivity index (χ1n) is 8.80. The molecule has 0 radical (unpaired) electrons. The summed E-state index contributed by atoms with van der Waals surface area (Å²) in [5, 5.41) is 3.58. The Morgan fingerprint density at radius 2 is 2.04 bits per heavy atom. The summed E-state index contributed by atoms with van der Waals surface area (Å²) in [5.41, 5.74) is 2.87. The number of fused-ring (bicyclic) bond motifs is 1. The Balaban J connectivity index is 1.34. The number of amides is 1. The van der Waals surface area contributed by atoms with Gasteiger partial charge in [0.1, 0.15) is 5.25 Å². The van der Waals surface area contributed by atoms with Crippen LogP contribution >= 0.6 is 0 Å². The number of carbonyl (C=O) groups excluding carboxylic acids is 1. The molecule has 0 N–H and O–H groups in total. The van der Waals surface area contributed by atoms with Gasteiger partial charge < -0.3 is 4.90 Å². The molecule has 1 saturated heterocycles. The highest BCUT2D eigenvalue weighted by atomic mass is 32.2. The second kappa shape index (κ2) is 6.42. The van der Waals surface area contributed by atoms with Crippen molar-refractivity contribution >= 4 is 21.6 Å². The van der Waals surface area contributed by atoms with Gasteiger partial charge in [0.05, 0.1) is 11.9 Å². The first kappa shape index (κ1) is 17.1. The predicted octanol–water partition coefficient (Wildman–Crippen LogP) is 0.956. The van der Waals surface area contributed by atoms with Crippen LogP contribution in [0.1, 0.15) is 17.5 Å². The van der Waals surface area contributed by atoms with E-state index >= 15 is 0 Å². The minimum absolute atomic E-state index is 0.00197. The zero-order chi connectivity index (χ0) is 18.3. The number of sulfonamides is 1. The van der Waals surface area contributed by atoms with E-state index in [-0.39, 0.29) is 19.0 Å². The van der Waals surface area contributed by atoms with Crippen molar-refractivity contribution in [2.24, 2.45) is 7.05 Å². The van der Waals surface area contributed by atoms with Gasteiger partial charge in [-0.2, -0.15) is 5.10 Å². The van der Waals surface area contributed by atoms with E-state index < -0.39 is 15.3 Å². The highest BCUT2D eigenvalue weighted by Crippen LogP contribution is 2.33. The monoisotopic (exact) mass is 374 g/mol. The first-order valence-corrected chi connectivity index (χ1v) is 10.3. The van der Waals surface area contributed by atoms with E-state index in [1.54, 1.807) is 15.8 Å². The molecule has 1 aromatic heterocycles. The summed E-state index contributed by atoms with van der Waals surface area (Å²) in [6.07, 6.45) is 5.39. The average Bonchev–Trinajstić information content (AvgIpc) is 3.17. The molecule has 0 saturated carbocycles. The van der Waals surface area contributed by atoms with Crippen molar-refractivity contribution in [3.8, 4) is 0 Å². The lowest BCUT2D eigenvalue weighted by Gasteiger charge is -2.40. The summed E-state index contributed by atoms with van der Waals surface area (Å²) in [4.78, 5) is 13.9. The van der Waals surface area contributed by atoms with E-state index in [1.807, 2.05) is 37.5 Å². The maximum Gasteiger partial charge on any atom is 0.241 e. The van der Waals surface area contributed by atoms with Crippen molar-refractivity contribution < 1.29 is 13.2 Å². The number of aromatic nitrogens is 2. The van der Waals surface area contributed by atoms with E-state index in [2.05, 4.69) is 5.10 Å². The number of para-hydroxylation sites is 1. The summed E-state index contributed by atoms with van der Waals surface area (Å²) >= 11 is 0. The minimum Gasteiger partial charge on any atom is -0.340 e. The number of rotatable bonds is 5. The number of hydrogen-bond donors (Lipinski definition) is 0. The zero-order valence-corrected chi connectivity index (χ0v) is 15.5. The summed E-state index contributed by atoms with van der Waals surface area (Å²) < 4.78 is 29.0. The number of nitrogens with zero attached hydrogens (tertiary/aromatic N) is 4. The van der Waals surface area contributed by atoms with Crippen LogP contribution in [0.3, 0.4) is 0 Å². The zero-order valence-electron chi connectivity index (χ0n) is 14.7. The third-order valence-electron chi connectivity index (χ3n) is 5.16. The number of benzene rings is 1. The standard InChI is InChI=1S/C18H22N4O3S/c1-20-11-14(10-19-20)6-7-18(23)21-12-16(13-21)26(24,25)22-9-8-15-4-2-3-5-17(15)22/h2-5,10-11,16H,6-9,12-13H2,1H3. The molecule has 0 bridgehead atoms. The fourth-order valence-electron chi connectivity index (χ4n) is 3.59. The Hall–Kier alpha value is -2.35. The van der Waals surface area contributed by atoms with Crippen LogP contribution in [0.15, 0.2) is 36.7 Å². The van der Waals surface area contributed by atoms with Gasteiger partial charge in [-0.1, -0.05) is 18.2 Å². The second-order valence-electron chi connectivity index (χ2n) is 6.94. The van der Waals surface area contributed by atoms with Gasteiger partial charge in [0.15, 0.2) is 0 Å². The van der Waals surface area contributed by atoms with Gasteiger partial charge in [-0.05, 0) is 30.0 Å². The molecule has 0 unspecified atom stereocenters. The molecule has 8 heteroatoms. The number of carbonyl (C=O) groups is 1. The Morgan fingerprint density at radius 1 is 1.27 bits per heavy atom. The fraction of sp³-hybridized carbons (Fsp3) is 0.444. The third kappa shape index (κ3) is 2.98. The largest absolute Gasteiger partial charge is 0.340 e. The molecule has 2 aliphatic heterocycles. The molecule has 1 aromatic carbocycles. The number of likely N-dealkylation sites (tertiary alicyclic amines) is 1. The van der Waals surface area contributed by atoms with Gasteiger partial charge in [-0.25, -0.2) is 8.42 Å². The Kier molecular flexibility index (Phi) is 4.22. The van der Waals surface area contributed by atoms with Crippen LogP contribution in [0.4, 0.5) is 5.69 Å². The number of hydrogen-bond acceptors (Lipinski definition) is 4. The molecule has 3 heterocycles. The van der Waals surface area contributed by atoms with Crippen molar-refractivity contribution in [1.29, 1.82) is 0 Å². The molecule has 7 nitrogen and oxygen atoms in total. The molecule has 2 aromatic rings. The Labute approximate surface area is 153 Å². The molecular weight excluding hydrogens is 352 g/mol. The number of aryl methyl sites for hydroxylation is 2.